The first-order valence-corrected chi connectivity index (χ1v) is 7.25. The fourth-order valence-electron chi connectivity index (χ4n) is 2.83. The van der Waals surface area contributed by atoms with E-state index in [0.717, 1.165) is 6.54 Å². The zero-order valence-corrected chi connectivity index (χ0v) is 12.9. The smallest absolute Gasteiger partial charge is 0.236 e. The number of nitrogens with two attached hydrogens (primary N) is 1. The van der Waals surface area contributed by atoms with Crippen molar-refractivity contribution >= 4 is 18.3 Å². The maximum atomic E-state index is 11.4. The van der Waals surface area contributed by atoms with Crippen LogP contribution >= 0.6 is 12.4 Å². The van der Waals surface area contributed by atoms with Gasteiger partial charge in [-0.15, -0.1) is 12.4 Å². The van der Waals surface area contributed by atoms with Crippen LogP contribution in [0.15, 0.2) is 30.3 Å². The molecule has 0 aliphatic heterocycles. The summed E-state index contributed by atoms with van der Waals surface area (Å²) in [7, 11) is 0. The predicted molar refractivity (Wildman–Crippen MR) is 85.0 cm³/mol. The third-order valence-corrected chi connectivity index (χ3v) is 4.10. The molecule has 4 heteroatoms. The van der Waals surface area contributed by atoms with E-state index in [0.29, 0.717) is 11.8 Å². The maximum Gasteiger partial charge on any atom is 0.236 e. The third-order valence-electron chi connectivity index (χ3n) is 4.10. The molecule has 0 spiro atoms. The number of carbonyl (C=O) groups excluding carboxylic acids is 1. The highest BCUT2D eigenvalue weighted by atomic mass is 35.5. The van der Waals surface area contributed by atoms with E-state index in [1.165, 1.54) is 31.2 Å². The van der Waals surface area contributed by atoms with Crippen LogP contribution in [0.1, 0.15) is 44.1 Å². The normalized spacial score (nSPS) is 23.5. The van der Waals surface area contributed by atoms with E-state index in [9.17, 15) is 4.79 Å². The lowest BCUT2D eigenvalue weighted by atomic mass is 9.79. The summed E-state index contributed by atoms with van der Waals surface area (Å²) in [5, 5.41) is 2.94. The van der Waals surface area contributed by atoms with Crippen molar-refractivity contribution in [2.24, 2.45) is 11.7 Å². The second-order valence-electron chi connectivity index (χ2n) is 5.66. The van der Waals surface area contributed by atoms with E-state index in [4.69, 9.17) is 5.73 Å². The van der Waals surface area contributed by atoms with Crippen LogP contribution in [0.4, 0.5) is 0 Å². The second kappa shape index (κ2) is 8.28. The number of hydrogen-bond donors (Lipinski definition) is 2. The topological polar surface area (TPSA) is 55.1 Å². The van der Waals surface area contributed by atoms with E-state index in [1.807, 2.05) is 0 Å². The molecule has 1 amide bonds. The molecular formula is C16H25ClN2O. The van der Waals surface area contributed by atoms with E-state index in [-0.39, 0.29) is 18.3 Å². The molecule has 0 saturated heterocycles. The minimum absolute atomic E-state index is 0. The Balaban J connectivity index is 0.00000200. The predicted octanol–water partition coefficient (Wildman–Crippen LogP) is 2.85. The Morgan fingerprint density at radius 2 is 1.85 bits per heavy atom. The highest BCUT2D eigenvalue weighted by Gasteiger charge is 2.22. The summed E-state index contributed by atoms with van der Waals surface area (Å²) < 4.78 is 0. The molecule has 0 unspecified atom stereocenters. The number of amides is 1. The fourth-order valence-corrected chi connectivity index (χ4v) is 2.83. The van der Waals surface area contributed by atoms with Gasteiger partial charge in [0.15, 0.2) is 0 Å². The van der Waals surface area contributed by atoms with Crippen molar-refractivity contribution in [1.82, 2.24) is 5.32 Å². The summed E-state index contributed by atoms with van der Waals surface area (Å²) in [5.41, 5.74) is 7.00. The Morgan fingerprint density at radius 1 is 1.25 bits per heavy atom. The van der Waals surface area contributed by atoms with Crippen molar-refractivity contribution in [3.05, 3.63) is 35.9 Å². The SMILES string of the molecule is C[C@@H](N)C(=O)NCC1CCC(c2ccccc2)CC1.Cl. The van der Waals surface area contributed by atoms with Crippen molar-refractivity contribution in [2.45, 2.75) is 44.6 Å². The van der Waals surface area contributed by atoms with Gasteiger partial charge in [-0.25, -0.2) is 0 Å². The molecule has 20 heavy (non-hydrogen) atoms. The van der Waals surface area contributed by atoms with Crippen LogP contribution in [0, 0.1) is 5.92 Å². The summed E-state index contributed by atoms with van der Waals surface area (Å²) in [4.78, 5) is 11.4. The van der Waals surface area contributed by atoms with Crippen molar-refractivity contribution < 1.29 is 4.79 Å². The molecule has 1 aliphatic rings. The summed E-state index contributed by atoms with van der Waals surface area (Å²) in [5.74, 6) is 1.27. The maximum absolute atomic E-state index is 11.4. The standard InChI is InChI=1S/C16H24N2O.ClH/c1-12(17)16(19)18-11-13-7-9-15(10-8-13)14-5-3-2-4-6-14;/h2-6,12-13,15H,7-11,17H2,1H3,(H,18,19);1H/t12-,13?,15?;/m1./s1. The van der Waals surface area contributed by atoms with Gasteiger partial charge in [-0.3, -0.25) is 4.79 Å². The summed E-state index contributed by atoms with van der Waals surface area (Å²) in [6.07, 6.45) is 4.84. The molecule has 0 aromatic heterocycles. The lowest BCUT2D eigenvalue weighted by molar-refractivity contribution is -0.122. The highest BCUT2D eigenvalue weighted by Crippen LogP contribution is 2.35. The Labute approximate surface area is 127 Å². The van der Waals surface area contributed by atoms with E-state index >= 15 is 0 Å². The average Bonchev–Trinajstić information content (AvgIpc) is 2.46. The highest BCUT2D eigenvalue weighted by molar-refractivity contribution is 5.85. The van der Waals surface area contributed by atoms with Gasteiger partial charge in [0, 0.05) is 6.54 Å². The monoisotopic (exact) mass is 296 g/mol. The molecule has 1 aliphatic carbocycles. The lowest BCUT2D eigenvalue weighted by Crippen LogP contribution is -2.40. The number of hydrogen-bond acceptors (Lipinski definition) is 2. The number of carbonyl (C=O) groups is 1. The zero-order chi connectivity index (χ0) is 13.7. The number of nitrogens with one attached hydrogen (secondary N) is 1. The van der Waals surface area contributed by atoms with Crippen LogP contribution in [0.25, 0.3) is 0 Å². The van der Waals surface area contributed by atoms with Gasteiger partial charge < -0.3 is 11.1 Å². The van der Waals surface area contributed by atoms with Crippen molar-refractivity contribution in [2.75, 3.05) is 6.54 Å². The van der Waals surface area contributed by atoms with Gasteiger partial charge in [0.05, 0.1) is 6.04 Å². The Bertz CT molecular complexity index is 400. The minimum Gasteiger partial charge on any atom is -0.354 e. The van der Waals surface area contributed by atoms with Crippen LogP contribution in [-0.2, 0) is 4.79 Å². The van der Waals surface area contributed by atoms with E-state index in [2.05, 4.69) is 35.6 Å². The van der Waals surface area contributed by atoms with Gasteiger partial charge in [0.1, 0.15) is 0 Å². The molecule has 1 saturated carbocycles. The molecule has 3 N–H and O–H groups in total. The van der Waals surface area contributed by atoms with Gasteiger partial charge in [0.2, 0.25) is 5.91 Å². The fraction of sp³-hybridized carbons (Fsp3) is 0.562. The molecule has 112 valence electrons. The summed E-state index contributed by atoms with van der Waals surface area (Å²) >= 11 is 0. The van der Waals surface area contributed by atoms with Crippen molar-refractivity contribution in [1.29, 1.82) is 0 Å². The summed E-state index contributed by atoms with van der Waals surface area (Å²) in [6.45, 7) is 2.50. The number of rotatable bonds is 4. The molecule has 1 atom stereocenters. The molecule has 0 bridgehead atoms. The Kier molecular flexibility index (Phi) is 7.03. The molecule has 0 radical (unpaired) electrons. The molecule has 1 aromatic rings. The molecule has 1 aromatic carbocycles. The Hall–Kier alpha value is -1.06. The first kappa shape index (κ1) is 17.0. The average molecular weight is 297 g/mol. The van der Waals surface area contributed by atoms with E-state index < -0.39 is 6.04 Å². The van der Waals surface area contributed by atoms with E-state index in [1.54, 1.807) is 6.92 Å². The van der Waals surface area contributed by atoms with Gasteiger partial charge >= 0.3 is 0 Å². The largest absolute Gasteiger partial charge is 0.354 e. The minimum atomic E-state index is -0.402. The second-order valence-corrected chi connectivity index (χ2v) is 5.66. The quantitative estimate of drug-likeness (QED) is 0.897. The van der Waals surface area contributed by atoms with Crippen LogP contribution in [-0.4, -0.2) is 18.5 Å². The molecular weight excluding hydrogens is 272 g/mol. The number of benzene rings is 1. The zero-order valence-electron chi connectivity index (χ0n) is 12.0. The first-order chi connectivity index (χ1) is 9.16. The van der Waals surface area contributed by atoms with Gasteiger partial charge in [0.25, 0.3) is 0 Å². The van der Waals surface area contributed by atoms with Crippen LogP contribution in [0.2, 0.25) is 0 Å². The first-order valence-electron chi connectivity index (χ1n) is 7.25. The van der Waals surface area contributed by atoms with Gasteiger partial charge in [-0.2, -0.15) is 0 Å². The van der Waals surface area contributed by atoms with Gasteiger partial charge in [-0.1, -0.05) is 30.3 Å². The Morgan fingerprint density at radius 3 is 2.40 bits per heavy atom. The van der Waals surface area contributed by atoms with Crippen LogP contribution < -0.4 is 11.1 Å². The van der Waals surface area contributed by atoms with Gasteiger partial charge in [-0.05, 0) is 50.0 Å². The van der Waals surface area contributed by atoms with Crippen molar-refractivity contribution in [3.63, 3.8) is 0 Å². The molecule has 1 fully saturated rings. The molecule has 0 heterocycles. The molecule has 3 nitrogen and oxygen atoms in total. The number of halogens is 1. The van der Waals surface area contributed by atoms with Crippen LogP contribution in [0.3, 0.4) is 0 Å². The summed E-state index contributed by atoms with van der Waals surface area (Å²) in [6, 6.07) is 10.3. The third kappa shape index (κ3) is 4.80. The van der Waals surface area contributed by atoms with Crippen molar-refractivity contribution in [3.8, 4) is 0 Å². The van der Waals surface area contributed by atoms with Crippen LogP contribution in [0.5, 0.6) is 0 Å². The lowest BCUT2D eigenvalue weighted by Gasteiger charge is -2.29. The molecule has 2 rings (SSSR count).